The Morgan fingerprint density at radius 3 is 2.62 bits per heavy atom. The Morgan fingerprint density at radius 2 is 2.00 bits per heavy atom. The Labute approximate surface area is 126 Å². The summed E-state index contributed by atoms with van der Waals surface area (Å²) in [5.41, 5.74) is 1.03. The second kappa shape index (κ2) is 6.94. The number of rotatable bonds is 5. The molecule has 1 fully saturated rings. The van der Waals surface area contributed by atoms with Gasteiger partial charge in [-0.25, -0.2) is 0 Å². The van der Waals surface area contributed by atoms with Gasteiger partial charge in [0, 0.05) is 12.2 Å². The maximum Gasteiger partial charge on any atom is 0.253 e. The molecule has 0 unspecified atom stereocenters. The van der Waals surface area contributed by atoms with E-state index in [0.717, 1.165) is 37.9 Å². The highest BCUT2D eigenvalue weighted by Crippen LogP contribution is 2.32. The number of amides is 1. The van der Waals surface area contributed by atoms with E-state index < -0.39 is 5.54 Å². The first kappa shape index (κ1) is 15.8. The third kappa shape index (κ3) is 3.76. The highest BCUT2D eigenvalue weighted by Gasteiger charge is 2.35. The van der Waals surface area contributed by atoms with Crippen LogP contribution in [0.1, 0.15) is 49.9 Å². The van der Waals surface area contributed by atoms with E-state index in [9.17, 15) is 9.90 Å². The van der Waals surface area contributed by atoms with Crippen LogP contribution in [0.2, 0.25) is 0 Å². The van der Waals surface area contributed by atoms with Gasteiger partial charge in [0.1, 0.15) is 0 Å². The monoisotopic (exact) mass is 290 g/mol. The summed E-state index contributed by atoms with van der Waals surface area (Å²) in [6, 6.07) is 7.51. The van der Waals surface area contributed by atoms with Crippen molar-refractivity contribution >= 4 is 11.6 Å². The molecule has 1 aromatic rings. The molecule has 0 radical (unpaired) electrons. The number of para-hydroxylation sites is 1. The van der Waals surface area contributed by atoms with Crippen LogP contribution >= 0.6 is 0 Å². The minimum atomic E-state index is -0.455. The Kier molecular flexibility index (Phi) is 5.23. The molecular weight excluding hydrogens is 264 g/mol. The molecule has 21 heavy (non-hydrogen) atoms. The molecule has 0 heterocycles. The summed E-state index contributed by atoms with van der Waals surface area (Å²) in [6.45, 7) is 5.01. The zero-order valence-corrected chi connectivity index (χ0v) is 13.0. The van der Waals surface area contributed by atoms with E-state index in [1.807, 2.05) is 31.2 Å². The van der Waals surface area contributed by atoms with E-state index >= 15 is 0 Å². The minimum Gasteiger partial charge on any atom is -0.394 e. The maximum atomic E-state index is 12.6. The highest BCUT2D eigenvalue weighted by atomic mass is 16.3. The number of hydrogen-bond acceptors (Lipinski definition) is 3. The molecule has 0 spiro atoms. The largest absolute Gasteiger partial charge is 0.394 e. The molecule has 1 aliphatic rings. The second-order valence-electron chi connectivity index (χ2n) is 6.15. The van der Waals surface area contributed by atoms with E-state index in [4.69, 9.17) is 0 Å². The van der Waals surface area contributed by atoms with Crippen molar-refractivity contribution in [3.05, 3.63) is 29.8 Å². The third-order valence-corrected chi connectivity index (χ3v) is 4.45. The number of hydrogen-bond donors (Lipinski definition) is 3. The Morgan fingerprint density at radius 1 is 1.33 bits per heavy atom. The fraction of sp³-hybridized carbons (Fsp3) is 0.588. The van der Waals surface area contributed by atoms with Crippen molar-refractivity contribution in [1.82, 2.24) is 5.32 Å². The second-order valence-corrected chi connectivity index (χ2v) is 6.15. The number of carbonyl (C=O) groups excluding carboxylic acids is 1. The number of benzene rings is 1. The van der Waals surface area contributed by atoms with Crippen LogP contribution in [0.15, 0.2) is 24.3 Å². The van der Waals surface area contributed by atoms with Crippen molar-refractivity contribution in [3.8, 4) is 0 Å². The molecule has 4 heteroatoms. The Balaban J connectivity index is 2.13. The first-order valence-electron chi connectivity index (χ1n) is 7.86. The van der Waals surface area contributed by atoms with Crippen molar-refractivity contribution in [3.63, 3.8) is 0 Å². The summed E-state index contributed by atoms with van der Waals surface area (Å²) in [5, 5.41) is 16.1. The summed E-state index contributed by atoms with van der Waals surface area (Å²) < 4.78 is 0. The van der Waals surface area contributed by atoms with Gasteiger partial charge in [-0.1, -0.05) is 19.1 Å². The standard InChI is InChI=1S/C17H26N2O2/c1-3-18-15-7-5-4-6-14(15)16(21)19-17(12-20)10-8-13(2)9-11-17/h4-7,13,18,20H,3,8-12H2,1-2H3,(H,19,21). The summed E-state index contributed by atoms with van der Waals surface area (Å²) in [5.74, 6) is 0.575. The molecule has 0 aliphatic heterocycles. The number of nitrogens with one attached hydrogen (secondary N) is 2. The van der Waals surface area contributed by atoms with Crippen molar-refractivity contribution in [2.24, 2.45) is 5.92 Å². The molecule has 1 aromatic carbocycles. The zero-order chi connectivity index (χ0) is 15.3. The Bertz CT molecular complexity index is 479. The number of anilines is 1. The normalized spacial score (nSPS) is 25.4. The molecule has 2 rings (SSSR count). The molecule has 1 aliphatic carbocycles. The molecule has 3 N–H and O–H groups in total. The molecular formula is C17H26N2O2. The van der Waals surface area contributed by atoms with Gasteiger partial charge in [-0.15, -0.1) is 0 Å². The number of aliphatic hydroxyl groups excluding tert-OH is 1. The van der Waals surface area contributed by atoms with Gasteiger partial charge in [0.2, 0.25) is 0 Å². The van der Waals surface area contributed by atoms with Gasteiger partial charge in [-0.3, -0.25) is 4.79 Å². The van der Waals surface area contributed by atoms with Gasteiger partial charge < -0.3 is 15.7 Å². The van der Waals surface area contributed by atoms with Crippen molar-refractivity contribution in [2.75, 3.05) is 18.5 Å². The smallest absolute Gasteiger partial charge is 0.253 e. The van der Waals surface area contributed by atoms with Gasteiger partial charge >= 0.3 is 0 Å². The van der Waals surface area contributed by atoms with Crippen LogP contribution in [0.4, 0.5) is 5.69 Å². The van der Waals surface area contributed by atoms with E-state index in [2.05, 4.69) is 17.6 Å². The minimum absolute atomic E-state index is 0.00876. The van der Waals surface area contributed by atoms with Gasteiger partial charge in [0.25, 0.3) is 5.91 Å². The lowest BCUT2D eigenvalue weighted by molar-refractivity contribution is 0.0718. The summed E-state index contributed by atoms with van der Waals surface area (Å²) >= 11 is 0. The third-order valence-electron chi connectivity index (χ3n) is 4.45. The van der Waals surface area contributed by atoms with Crippen LogP contribution in [0.5, 0.6) is 0 Å². The summed E-state index contributed by atoms with van der Waals surface area (Å²) in [4.78, 5) is 12.6. The molecule has 0 saturated heterocycles. The van der Waals surface area contributed by atoms with Gasteiger partial charge in [0.15, 0.2) is 0 Å². The molecule has 0 aromatic heterocycles. The van der Waals surface area contributed by atoms with Crippen LogP contribution in [-0.2, 0) is 0 Å². The first-order chi connectivity index (χ1) is 10.1. The SMILES string of the molecule is CCNc1ccccc1C(=O)NC1(CO)CCC(C)CC1. The van der Waals surface area contributed by atoms with Gasteiger partial charge in [-0.2, -0.15) is 0 Å². The van der Waals surface area contributed by atoms with Crippen molar-refractivity contribution < 1.29 is 9.90 Å². The van der Waals surface area contributed by atoms with E-state index in [1.165, 1.54) is 0 Å². The lowest BCUT2D eigenvalue weighted by atomic mass is 9.77. The van der Waals surface area contributed by atoms with Crippen LogP contribution in [0.25, 0.3) is 0 Å². The van der Waals surface area contributed by atoms with Crippen LogP contribution < -0.4 is 10.6 Å². The molecule has 4 nitrogen and oxygen atoms in total. The predicted octanol–water partition coefficient (Wildman–Crippen LogP) is 2.79. The molecule has 0 bridgehead atoms. The maximum absolute atomic E-state index is 12.6. The van der Waals surface area contributed by atoms with Crippen molar-refractivity contribution in [1.29, 1.82) is 0 Å². The average molecular weight is 290 g/mol. The quantitative estimate of drug-likeness (QED) is 0.781. The molecule has 0 atom stereocenters. The first-order valence-corrected chi connectivity index (χ1v) is 7.86. The molecule has 116 valence electrons. The van der Waals surface area contributed by atoms with E-state index in [1.54, 1.807) is 0 Å². The fourth-order valence-electron chi connectivity index (χ4n) is 2.97. The fourth-order valence-corrected chi connectivity index (χ4v) is 2.97. The lowest BCUT2D eigenvalue weighted by Gasteiger charge is -2.38. The number of aliphatic hydroxyl groups is 1. The number of carbonyl (C=O) groups is 1. The topological polar surface area (TPSA) is 61.4 Å². The van der Waals surface area contributed by atoms with E-state index in [-0.39, 0.29) is 12.5 Å². The summed E-state index contributed by atoms with van der Waals surface area (Å²) in [6.07, 6.45) is 3.80. The average Bonchev–Trinajstić information content (AvgIpc) is 2.51. The van der Waals surface area contributed by atoms with E-state index in [0.29, 0.717) is 11.5 Å². The molecule has 1 saturated carbocycles. The highest BCUT2D eigenvalue weighted by molar-refractivity contribution is 6.00. The lowest BCUT2D eigenvalue weighted by Crippen LogP contribution is -2.53. The van der Waals surface area contributed by atoms with Gasteiger partial charge in [0.05, 0.1) is 17.7 Å². The van der Waals surface area contributed by atoms with Crippen molar-refractivity contribution in [2.45, 2.75) is 45.1 Å². The predicted molar refractivity (Wildman–Crippen MR) is 85.5 cm³/mol. The molecule has 1 amide bonds. The van der Waals surface area contributed by atoms with Gasteiger partial charge in [-0.05, 0) is 50.7 Å². The van der Waals surface area contributed by atoms with Crippen LogP contribution in [0, 0.1) is 5.92 Å². The van der Waals surface area contributed by atoms with Crippen LogP contribution in [-0.4, -0.2) is 29.7 Å². The summed E-state index contributed by atoms with van der Waals surface area (Å²) in [7, 11) is 0. The Hall–Kier alpha value is -1.55. The zero-order valence-electron chi connectivity index (χ0n) is 13.0. The van der Waals surface area contributed by atoms with Crippen LogP contribution in [0.3, 0.4) is 0 Å².